The summed E-state index contributed by atoms with van der Waals surface area (Å²) in [7, 11) is -3.65. The molecule has 0 radical (unpaired) electrons. The van der Waals surface area contributed by atoms with E-state index in [-0.39, 0.29) is 34.2 Å². The van der Waals surface area contributed by atoms with Crippen molar-refractivity contribution in [3.8, 4) is 5.75 Å². The van der Waals surface area contributed by atoms with E-state index in [0.717, 1.165) is 49.8 Å². The van der Waals surface area contributed by atoms with Gasteiger partial charge in [-0.2, -0.15) is 0 Å². The number of rotatable bonds is 8. The average molecular weight is 451 g/mol. The van der Waals surface area contributed by atoms with Crippen molar-refractivity contribution in [3.63, 3.8) is 0 Å². The van der Waals surface area contributed by atoms with E-state index in [1.807, 2.05) is 31.2 Å². The minimum Gasteiger partial charge on any atom is -0.482 e. The zero-order valence-electron chi connectivity index (χ0n) is 17.0. The molecule has 1 aliphatic carbocycles. The Bertz CT molecular complexity index is 988. The second kappa shape index (κ2) is 10.3. The van der Waals surface area contributed by atoms with Gasteiger partial charge < -0.3 is 10.1 Å². The van der Waals surface area contributed by atoms with Crippen LogP contribution in [0.15, 0.2) is 47.4 Å². The SMILES string of the molecule is CCc1ccccc1NC(=O)COc1ccc(S(=O)(=O)NC2CCCCC2)cc1Cl. The van der Waals surface area contributed by atoms with Crippen LogP contribution in [0.25, 0.3) is 0 Å². The number of ether oxygens (including phenoxy) is 1. The van der Waals surface area contributed by atoms with Gasteiger partial charge in [0.05, 0.1) is 9.92 Å². The van der Waals surface area contributed by atoms with Gasteiger partial charge in [-0.15, -0.1) is 0 Å². The van der Waals surface area contributed by atoms with Gasteiger partial charge >= 0.3 is 0 Å². The molecule has 0 atom stereocenters. The molecule has 0 spiro atoms. The number of para-hydroxylation sites is 1. The molecule has 1 amide bonds. The predicted octanol–water partition coefficient (Wildman–Crippen LogP) is 4.53. The number of sulfonamides is 1. The van der Waals surface area contributed by atoms with Gasteiger partial charge in [-0.1, -0.05) is 56.0 Å². The Kier molecular flexibility index (Phi) is 7.75. The highest BCUT2D eigenvalue weighted by Gasteiger charge is 2.22. The van der Waals surface area contributed by atoms with Crippen molar-refractivity contribution in [2.24, 2.45) is 0 Å². The van der Waals surface area contributed by atoms with E-state index >= 15 is 0 Å². The third-order valence-electron chi connectivity index (χ3n) is 5.17. The van der Waals surface area contributed by atoms with Crippen molar-refractivity contribution in [2.45, 2.75) is 56.4 Å². The van der Waals surface area contributed by atoms with Crippen molar-refractivity contribution >= 4 is 33.2 Å². The lowest BCUT2D eigenvalue weighted by atomic mass is 9.96. The molecule has 162 valence electrons. The number of carbonyl (C=O) groups is 1. The first kappa shape index (κ1) is 22.6. The highest BCUT2D eigenvalue weighted by atomic mass is 35.5. The molecule has 1 fully saturated rings. The number of hydrogen-bond acceptors (Lipinski definition) is 4. The maximum Gasteiger partial charge on any atom is 0.262 e. The molecule has 3 rings (SSSR count). The van der Waals surface area contributed by atoms with Gasteiger partial charge in [-0.05, 0) is 49.1 Å². The van der Waals surface area contributed by atoms with Crippen LogP contribution in [0.2, 0.25) is 5.02 Å². The van der Waals surface area contributed by atoms with E-state index in [0.29, 0.717) is 0 Å². The third kappa shape index (κ3) is 5.97. The van der Waals surface area contributed by atoms with E-state index in [1.54, 1.807) is 0 Å². The Hall–Kier alpha value is -2.09. The fourth-order valence-electron chi connectivity index (χ4n) is 3.55. The Morgan fingerprint density at radius 1 is 1.13 bits per heavy atom. The summed E-state index contributed by atoms with van der Waals surface area (Å²) in [5, 5.41) is 2.96. The summed E-state index contributed by atoms with van der Waals surface area (Å²) >= 11 is 6.22. The standard InChI is InChI=1S/C22H27ClN2O4S/c1-2-16-8-6-7-11-20(16)24-22(26)15-29-21-13-12-18(14-19(21)23)30(27,28)25-17-9-4-3-5-10-17/h6-8,11-14,17,25H,2-5,9-10,15H2,1H3,(H,24,26). The van der Waals surface area contributed by atoms with Crippen LogP contribution >= 0.6 is 11.6 Å². The van der Waals surface area contributed by atoms with Gasteiger partial charge in [-0.3, -0.25) is 4.79 Å². The largest absolute Gasteiger partial charge is 0.482 e. The topological polar surface area (TPSA) is 84.5 Å². The molecule has 2 N–H and O–H groups in total. The predicted molar refractivity (Wildman–Crippen MR) is 119 cm³/mol. The molecule has 0 aromatic heterocycles. The monoisotopic (exact) mass is 450 g/mol. The number of hydrogen-bond donors (Lipinski definition) is 2. The van der Waals surface area contributed by atoms with Gasteiger partial charge in [0.2, 0.25) is 10.0 Å². The molecule has 0 aliphatic heterocycles. The van der Waals surface area contributed by atoms with Crippen LogP contribution in [0.5, 0.6) is 5.75 Å². The fraction of sp³-hybridized carbons (Fsp3) is 0.409. The van der Waals surface area contributed by atoms with E-state index in [9.17, 15) is 13.2 Å². The van der Waals surface area contributed by atoms with Crippen LogP contribution < -0.4 is 14.8 Å². The maximum absolute atomic E-state index is 12.6. The van der Waals surface area contributed by atoms with Crippen LogP contribution in [0, 0.1) is 0 Å². The average Bonchev–Trinajstić information content (AvgIpc) is 2.73. The summed E-state index contributed by atoms with van der Waals surface area (Å²) < 4.78 is 33.5. The molecular formula is C22H27ClN2O4S. The fourth-order valence-corrected chi connectivity index (χ4v) is 5.18. The van der Waals surface area contributed by atoms with E-state index < -0.39 is 10.0 Å². The normalized spacial score (nSPS) is 15.0. The van der Waals surface area contributed by atoms with E-state index in [4.69, 9.17) is 16.3 Å². The zero-order chi connectivity index (χ0) is 21.6. The number of amides is 1. The number of nitrogens with one attached hydrogen (secondary N) is 2. The van der Waals surface area contributed by atoms with Crippen molar-refractivity contribution in [3.05, 3.63) is 53.1 Å². The first-order chi connectivity index (χ1) is 14.4. The van der Waals surface area contributed by atoms with Crippen LogP contribution in [0.4, 0.5) is 5.69 Å². The second-order valence-corrected chi connectivity index (χ2v) is 9.52. The first-order valence-corrected chi connectivity index (χ1v) is 12.1. The van der Waals surface area contributed by atoms with Gasteiger partial charge in [0.25, 0.3) is 5.91 Å². The maximum atomic E-state index is 12.6. The van der Waals surface area contributed by atoms with E-state index in [2.05, 4.69) is 10.0 Å². The summed E-state index contributed by atoms with van der Waals surface area (Å²) in [6.45, 7) is 1.78. The summed E-state index contributed by atoms with van der Waals surface area (Å²) in [4.78, 5) is 12.3. The molecule has 2 aromatic rings. The molecular weight excluding hydrogens is 424 g/mol. The number of benzene rings is 2. The molecule has 0 heterocycles. The Balaban J connectivity index is 1.60. The van der Waals surface area contributed by atoms with Crippen LogP contribution in [-0.4, -0.2) is 27.0 Å². The minimum atomic E-state index is -3.65. The molecule has 8 heteroatoms. The quantitative estimate of drug-likeness (QED) is 0.618. The second-order valence-electron chi connectivity index (χ2n) is 7.40. The van der Waals surface area contributed by atoms with Gasteiger partial charge in [0, 0.05) is 11.7 Å². The number of halogens is 1. The van der Waals surface area contributed by atoms with Crippen molar-refractivity contribution < 1.29 is 17.9 Å². The lowest BCUT2D eigenvalue weighted by Gasteiger charge is -2.22. The summed E-state index contributed by atoms with van der Waals surface area (Å²) in [5.41, 5.74) is 1.78. The highest BCUT2D eigenvalue weighted by molar-refractivity contribution is 7.89. The minimum absolute atomic E-state index is 0.0341. The van der Waals surface area contributed by atoms with Crippen LogP contribution in [0.1, 0.15) is 44.6 Å². The lowest BCUT2D eigenvalue weighted by Crippen LogP contribution is -2.36. The smallest absolute Gasteiger partial charge is 0.262 e. The van der Waals surface area contributed by atoms with Gasteiger partial charge in [-0.25, -0.2) is 13.1 Å². The number of carbonyl (C=O) groups excluding carboxylic acids is 1. The highest BCUT2D eigenvalue weighted by Crippen LogP contribution is 2.28. The number of anilines is 1. The zero-order valence-corrected chi connectivity index (χ0v) is 18.6. The van der Waals surface area contributed by atoms with Gasteiger partial charge in [0.1, 0.15) is 5.75 Å². The van der Waals surface area contributed by atoms with E-state index in [1.165, 1.54) is 18.2 Å². The van der Waals surface area contributed by atoms with Crippen LogP contribution in [-0.2, 0) is 21.2 Å². The molecule has 1 aliphatic rings. The van der Waals surface area contributed by atoms with Crippen molar-refractivity contribution in [1.29, 1.82) is 0 Å². The molecule has 0 unspecified atom stereocenters. The molecule has 0 saturated heterocycles. The lowest BCUT2D eigenvalue weighted by molar-refractivity contribution is -0.118. The number of aryl methyl sites for hydroxylation is 1. The summed E-state index contributed by atoms with van der Waals surface area (Å²) in [6, 6.07) is 11.8. The Morgan fingerprint density at radius 2 is 1.87 bits per heavy atom. The van der Waals surface area contributed by atoms with Crippen molar-refractivity contribution in [1.82, 2.24) is 4.72 Å². The summed E-state index contributed by atoms with van der Waals surface area (Å²) in [5.74, 6) is -0.0603. The molecule has 1 saturated carbocycles. The van der Waals surface area contributed by atoms with Crippen molar-refractivity contribution in [2.75, 3.05) is 11.9 Å². The molecule has 30 heavy (non-hydrogen) atoms. The molecule has 6 nitrogen and oxygen atoms in total. The van der Waals surface area contributed by atoms with Crippen LogP contribution in [0.3, 0.4) is 0 Å². The Labute approximate surface area is 183 Å². The Morgan fingerprint density at radius 3 is 2.57 bits per heavy atom. The third-order valence-corrected chi connectivity index (χ3v) is 6.99. The summed E-state index contributed by atoms with van der Waals surface area (Å²) in [6.07, 6.45) is 5.72. The first-order valence-electron chi connectivity index (χ1n) is 10.2. The van der Waals surface area contributed by atoms with Gasteiger partial charge in [0.15, 0.2) is 6.61 Å². The molecule has 2 aromatic carbocycles. The molecule has 0 bridgehead atoms.